The smallest absolute Gasteiger partial charge is 0.139 e. The van der Waals surface area contributed by atoms with Crippen LogP contribution in [0.2, 0.25) is 0 Å². The molecule has 0 amide bonds. The molecule has 0 spiro atoms. The summed E-state index contributed by atoms with van der Waals surface area (Å²) in [5.41, 5.74) is 10.6. The van der Waals surface area contributed by atoms with Crippen LogP contribution in [0.4, 0.5) is 5.69 Å². The highest BCUT2D eigenvalue weighted by Crippen LogP contribution is 2.46. The van der Waals surface area contributed by atoms with Crippen LogP contribution in [0.1, 0.15) is 42.0 Å². The molecule has 5 rings (SSSR count). The maximum atomic E-state index is 12.5. The topological polar surface area (TPSA) is 46.3 Å². The molecule has 2 aromatic rings. The van der Waals surface area contributed by atoms with Crippen molar-refractivity contribution in [1.82, 2.24) is 4.90 Å². The normalized spacial score (nSPS) is 26.7. The van der Waals surface area contributed by atoms with Gasteiger partial charge in [-0.05, 0) is 48.6 Å². The number of hydrogen-bond acceptors (Lipinski definition) is 3. The number of anilines is 1. The second kappa shape index (κ2) is 6.06. The molecule has 2 aromatic carbocycles. The minimum atomic E-state index is 0.112. The Balaban J connectivity index is 1.72. The molecule has 0 aromatic heterocycles. The van der Waals surface area contributed by atoms with Crippen LogP contribution < -0.4 is 5.73 Å². The zero-order valence-electron chi connectivity index (χ0n) is 14.1. The van der Waals surface area contributed by atoms with Crippen molar-refractivity contribution in [3.05, 3.63) is 65.2 Å². The summed E-state index contributed by atoms with van der Waals surface area (Å²) in [7, 11) is 0. The molecule has 24 heavy (non-hydrogen) atoms. The fourth-order valence-electron chi connectivity index (χ4n) is 4.47. The second-order valence-corrected chi connectivity index (χ2v) is 7.22. The minimum absolute atomic E-state index is 0.112. The Morgan fingerprint density at radius 3 is 2.71 bits per heavy atom. The lowest BCUT2D eigenvalue weighted by atomic mass is 9.71. The number of nitrogen functional groups attached to an aromatic ring is 1. The SMILES string of the molecule is Cc1ccccc1CN1C2CCC(C(=O)C2)C1c1cccc(N)c1. The summed E-state index contributed by atoms with van der Waals surface area (Å²) in [6, 6.07) is 17.2. The van der Waals surface area contributed by atoms with E-state index in [9.17, 15) is 4.79 Å². The second-order valence-electron chi connectivity index (χ2n) is 7.22. The van der Waals surface area contributed by atoms with Crippen molar-refractivity contribution in [3.63, 3.8) is 0 Å². The van der Waals surface area contributed by atoms with Crippen molar-refractivity contribution in [1.29, 1.82) is 0 Å². The van der Waals surface area contributed by atoms with E-state index >= 15 is 0 Å². The van der Waals surface area contributed by atoms with E-state index in [1.54, 1.807) is 0 Å². The van der Waals surface area contributed by atoms with E-state index in [-0.39, 0.29) is 12.0 Å². The van der Waals surface area contributed by atoms with E-state index in [1.165, 1.54) is 16.7 Å². The average Bonchev–Trinajstić information content (AvgIpc) is 2.58. The molecule has 2 heterocycles. The lowest BCUT2D eigenvalue weighted by Crippen LogP contribution is -2.53. The fourth-order valence-corrected chi connectivity index (χ4v) is 4.47. The summed E-state index contributed by atoms with van der Waals surface area (Å²) in [5.74, 6) is 0.542. The summed E-state index contributed by atoms with van der Waals surface area (Å²) < 4.78 is 0. The third-order valence-corrected chi connectivity index (χ3v) is 5.74. The molecule has 3 heteroatoms. The molecule has 2 saturated heterocycles. The zero-order chi connectivity index (χ0) is 16.7. The van der Waals surface area contributed by atoms with E-state index in [0.717, 1.165) is 25.1 Å². The van der Waals surface area contributed by atoms with Gasteiger partial charge in [0, 0.05) is 36.7 Å². The predicted molar refractivity (Wildman–Crippen MR) is 96.5 cm³/mol. The number of ketones is 1. The van der Waals surface area contributed by atoms with Crippen LogP contribution in [0.5, 0.6) is 0 Å². The third kappa shape index (κ3) is 2.63. The van der Waals surface area contributed by atoms with Gasteiger partial charge in [-0.2, -0.15) is 0 Å². The van der Waals surface area contributed by atoms with Crippen molar-refractivity contribution in [3.8, 4) is 0 Å². The maximum absolute atomic E-state index is 12.5. The van der Waals surface area contributed by atoms with Gasteiger partial charge in [-0.3, -0.25) is 9.69 Å². The number of rotatable bonds is 3. The first-order valence-electron chi connectivity index (χ1n) is 8.82. The van der Waals surface area contributed by atoms with Gasteiger partial charge in [0.05, 0.1) is 0 Å². The first kappa shape index (κ1) is 15.4. The molecule has 2 bridgehead atoms. The Bertz CT molecular complexity index is 770. The standard InChI is InChI=1S/C21H24N2O/c1-14-5-2-3-6-16(14)13-23-18-9-10-19(20(24)12-18)21(23)15-7-4-8-17(22)11-15/h2-8,11,18-19,21H,9-10,12-13,22H2,1H3. The van der Waals surface area contributed by atoms with Gasteiger partial charge in [0.1, 0.15) is 5.78 Å². The molecule has 2 aliphatic heterocycles. The number of nitrogens with two attached hydrogens (primary N) is 1. The number of aryl methyl sites for hydroxylation is 1. The van der Waals surface area contributed by atoms with Crippen molar-refractivity contribution in [2.45, 2.75) is 44.8 Å². The lowest BCUT2D eigenvalue weighted by Gasteiger charge is -2.51. The molecule has 3 unspecified atom stereocenters. The molecule has 0 radical (unpaired) electrons. The van der Waals surface area contributed by atoms with Crippen molar-refractivity contribution in [2.24, 2.45) is 5.92 Å². The molecule has 3 fully saturated rings. The Kier molecular flexibility index (Phi) is 3.89. The highest BCUT2D eigenvalue weighted by Gasteiger charge is 2.47. The number of Topliss-reactive ketones (excluding diaryl/α,β-unsaturated/α-hetero) is 1. The van der Waals surface area contributed by atoms with Crippen molar-refractivity contribution in [2.75, 3.05) is 5.73 Å². The fraction of sp³-hybridized carbons (Fsp3) is 0.381. The Morgan fingerprint density at radius 1 is 1.12 bits per heavy atom. The number of fused-ring (bicyclic) bond motifs is 3. The average molecular weight is 320 g/mol. The van der Waals surface area contributed by atoms with Crippen molar-refractivity contribution >= 4 is 11.5 Å². The third-order valence-electron chi connectivity index (χ3n) is 5.74. The zero-order valence-corrected chi connectivity index (χ0v) is 14.1. The number of nitrogens with zero attached hydrogens (tertiary/aromatic N) is 1. The number of carbonyl (C=O) groups is 1. The van der Waals surface area contributed by atoms with E-state index in [1.807, 2.05) is 18.2 Å². The molecule has 1 saturated carbocycles. The summed E-state index contributed by atoms with van der Waals surface area (Å²) in [4.78, 5) is 15.1. The van der Waals surface area contributed by atoms with E-state index in [0.29, 0.717) is 18.2 Å². The molecule has 3 atom stereocenters. The molecule has 124 valence electrons. The molecule has 1 aliphatic carbocycles. The van der Waals surface area contributed by atoms with Gasteiger partial charge in [0.25, 0.3) is 0 Å². The first-order valence-corrected chi connectivity index (χ1v) is 8.82. The maximum Gasteiger partial charge on any atom is 0.139 e. The molecular weight excluding hydrogens is 296 g/mol. The van der Waals surface area contributed by atoms with E-state index < -0.39 is 0 Å². The van der Waals surface area contributed by atoms with Gasteiger partial charge in [-0.1, -0.05) is 36.4 Å². The Labute approximate surface area is 143 Å². The van der Waals surface area contributed by atoms with Crippen LogP contribution in [-0.4, -0.2) is 16.7 Å². The Morgan fingerprint density at radius 2 is 1.96 bits per heavy atom. The largest absolute Gasteiger partial charge is 0.399 e. The summed E-state index contributed by atoms with van der Waals surface area (Å²) in [5, 5.41) is 0. The molecular formula is C21H24N2O. The number of hydrogen-bond donors (Lipinski definition) is 1. The van der Waals surface area contributed by atoms with Crippen LogP contribution in [0, 0.1) is 12.8 Å². The van der Waals surface area contributed by atoms with Crippen LogP contribution in [0.15, 0.2) is 48.5 Å². The summed E-state index contributed by atoms with van der Waals surface area (Å²) >= 11 is 0. The molecule has 2 N–H and O–H groups in total. The predicted octanol–water partition coefficient (Wildman–Crippen LogP) is 3.87. The highest BCUT2D eigenvalue weighted by molar-refractivity contribution is 5.84. The summed E-state index contributed by atoms with van der Waals surface area (Å²) in [6.07, 6.45) is 2.84. The Hall–Kier alpha value is -2.13. The number of carbonyl (C=O) groups excluding carboxylic acids is 1. The number of piperidine rings is 2. The van der Waals surface area contributed by atoms with Crippen molar-refractivity contribution < 1.29 is 4.79 Å². The minimum Gasteiger partial charge on any atom is -0.399 e. The van der Waals surface area contributed by atoms with Gasteiger partial charge in [-0.25, -0.2) is 0 Å². The summed E-state index contributed by atoms with van der Waals surface area (Å²) in [6.45, 7) is 3.07. The van der Waals surface area contributed by atoms with Gasteiger partial charge in [0.15, 0.2) is 0 Å². The van der Waals surface area contributed by atoms with E-state index in [2.05, 4.69) is 42.2 Å². The van der Waals surface area contributed by atoms with Gasteiger partial charge < -0.3 is 5.73 Å². The first-order chi connectivity index (χ1) is 11.6. The molecule has 3 aliphatic rings. The van der Waals surface area contributed by atoms with Gasteiger partial charge in [0.2, 0.25) is 0 Å². The van der Waals surface area contributed by atoms with Crippen LogP contribution >= 0.6 is 0 Å². The molecule has 3 nitrogen and oxygen atoms in total. The van der Waals surface area contributed by atoms with Crippen LogP contribution in [-0.2, 0) is 11.3 Å². The van der Waals surface area contributed by atoms with Crippen LogP contribution in [0.3, 0.4) is 0 Å². The van der Waals surface area contributed by atoms with E-state index in [4.69, 9.17) is 5.73 Å². The van der Waals surface area contributed by atoms with Gasteiger partial charge in [-0.15, -0.1) is 0 Å². The van der Waals surface area contributed by atoms with Gasteiger partial charge >= 0.3 is 0 Å². The number of benzene rings is 2. The highest BCUT2D eigenvalue weighted by atomic mass is 16.1. The lowest BCUT2D eigenvalue weighted by molar-refractivity contribution is -0.138. The monoisotopic (exact) mass is 320 g/mol. The van der Waals surface area contributed by atoms with Crippen LogP contribution in [0.25, 0.3) is 0 Å². The quantitative estimate of drug-likeness (QED) is 0.873.